The molecule has 25 heavy (non-hydrogen) atoms. The molecule has 0 saturated heterocycles. The first-order valence-electron chi connectivity index (χ1n) is 7.86. The maximum absolute atomic E-state index is 12.4. The normalized spacial score (nSPS) is 11.2. The highest BCUT2D eigenvalue weighted by atomic mass is 32.1. The van der Waals surface area contributed by atoms with Crippen LogP contribution in [0.1, 0.15) is 46.7 Å². The summed E-state index contributed by atoms with van der Waals surface area (Å²) < 4.78 is 5.14. The smallest absolute Gasteiger partial charge is 0.341 e. The molecule has 0 bridgehead atoms. The molecular weight excluding hydrogens is 340 g/mol. The lowest BCUT2D eigenvalue weighted by Gasteiger charge is -2.13. The second kappa shape index (κ2) is 7.65. The first-order valence-corrected chi connectivity index (χ1v) is 8.68. The van der Waals surface area contributed by atoms with Gasteiger partial charge in [-0.3, -0.25) is 4.79 Å². The van der Waals surface area contributed by atoms with Crippen LogP contribution in [0.3, 0.4) is 0 Å². The van der Waals surface area contributed by atoms with Crippen LogP contribution in [0.2, 0.25) is 0 Å². The molecule has 134 valence electrons. The number of carboxylic acids is 1. The molecule has 0 unspecified atom stereocenters. The van der Waals surface area contributed by atoms with Crippen LogP contribution in [0.4, 0.5) is 0 Å². The zero-order chi connectivity index (χ0) is 18.6. The van der Waals surface area contributed by atoms with Gasteiger partial charge in [0.1, 0.15) is 10.6 Å². The number of thiazole rings is 1. The molecule has 0 spiro atoms. The maximum atomic E-state index is 12.4. The van der Waals surface area contributed by atoms with Crippen molar-refractivity contribution in [2.45, 2.75) is 39.7 Å². The molecule has 6 nitrogen and oxygen atoms in total. The molecule has 0 saturated carbocycles. The molecule has 1 heterocycles. The van der Waals surface area contributed by atoms with Gasteiger partial charge < -0.3 is 15.2 Å². The number of ether oxygens (including phenoxy) is 1. The van der Waals surface area contributed by atoms with Gasteiger partial charge in [0, 0.05) is 12.0 Å². The number of aryl methyl sites for hydroxylation is 1. The summed E-state index contributed by atoms with van der Waals surface area (Å²) in [5.41, 5.74) is 1.46. The average molecular weight is 362 g/mol. The Morgan fingerprint density at radius 1 is 1.32 bits per heavy atom. The van der Waals surface area contributed by atoms with Gasteiger partial charge in [0.05, 0.1) is 10.7 Å². The molecule has 0 aliphatic heterocycles. The molecule has 0 aliphatic rings. The van der Waals surface area contributed by atoms with E-state index in [0.29, 0.717) is 17.2 Å². The second-order valence-corrected chi connectivity index (χ2v) is 7.70. The highest BCUT2D eigenvalue weighted by Crippen LogP contribution is 2.29. The Morgan fingerprint density at radius 3 is 2.64 bits per heavy atom. The summed E-state index contributed by atoms with van der Waals surface area (Å²) in [7, 11) is 0. The number of carbonyl (C=O) groups is 2. The quantitative estimate of drug-likeness (QED) is 0.824. The third-order valence-electron chi connectivity index (χ3n) is 3.36. The number of nitrogens with one attached hydrogen (secondary N) is 1. The SMILES string of the molecule is Cc1nc(C(C)(C)C)sc1C(=O)NCc1cccc(OCC(=O)O)c1. The van der Waals surface area contributed by atoms with Gasteiger partial charge in [0.15, 0.2) is 6.61 Å². The lowest BCUT2D eigenvalue weighted by Crippen LogP contribution is -2.22. The lowest BCUT2D eigenvalue weighted by molar-refractivity contribution is -0.139. The van der Waals surface area contributed by atoms with Gasteiger partial charge in [0.2, 0.25) is 0 Å². The van der Waals surface area contributed by atoms with E-state index in [9.17, 15) is 9.59 Å². The number of carboxylic acid groups (broad SMARTS) is 1. The van der Waals surface area contributed by atoms with Crippen molar-refractivity contribution >= 4 is 23.2 Å². The summed E-state index contributed by atoms with van der Waals surface area (Å²) in [6, 6.07) is 6.99. The fourth-order valence-electron chi connectivity index (χ4n) is 2.08. The molecule has 2 N–H and O–H groups in total. The van der Waals surface area contributed by atoms with Crippen LogP contribution in [0.15, 0.2) is 24.3 Å². The summed E-state index contributed by atoms with van der Waals surface area (Å²) >= 11 is 1.41. The third-order valence-corrected chi connectivity index (χ3v) is 4.94. The standard InChI is InChI=1S/C18H22N2O4S/c1-11-15(25-17(20-11)18(2,3)4)16(23)19-9-12-6-5-7-13(8-12)24-10-14(21)22/h5-8H,9-10H2,1-4H3,(H,19,23)(H,21,22). The topological polar surface area (TPSA) is 88.5 Å². The Labute approximate surface area is 150 Å². The number of benzene rings is 1. The summed E-state index contributed by atoms with van der Waals surface area (Å²) in [5.74, 6) is -0.741. The Bertz CT molecular complexity index is 778. The fourth-order valence-corrected chi connectivity index (χ4v) is 3.12. The minimum Gasteiger partial charge on any atom is -0.482 e. The number of aromatic nitrogens is 1. The first-order chi connectivity index (χ1) is 11.7. The van der Waals surface area contributed by atoms with Crippen molar-refractivity contribution in [3.8, 4) is 5.75 Å². The van der Waals surface area contributed by atoms with Gasteiger partial charge in [-0.05, 0) is 24.6 Å². The molecule has 1 aromatic heterocycles. The van der Waals surface area contributed by atoms with Crippen LogP contribution in [0, 0.1) is 6.92 Å². The Kier molecular flexibility index (Phi) is 5.79. The second-order valence-electron chi connectivity index (χ2n) is 6.70. The highest BCUT2D eigenvalue weighted by molar-refractivity contribution is 7.14. The molecule has 0 radical (unpaired) electrons. The molecule has 0 aliphatic carbocycles. The van der Waals surface area contributed by atoms with Gasteiger partial charge in [0.25, 0.3) is 5.91 Å². The molecule has 0 atom stereocenters. The summed E-state index contributed by atoms with van der Waals surface area (Å²) in [4.78, 5) is 28.1. The van der Waals surface area contributed by atoms with E-state index in [1.165, 1.54) is 11.3 Å². The van der Waals surface area contributed by atoms with Crippen LogP contribution in [-0.4, -0.2) is 28.6 Å². The molecule has 2 rings (SSSR count). The predicted octanol–water partition coefficient (Wildman–Crippen LogP) is 3.14. The highest BCUT2D eigenvalue weighted by Gasteiger charge is 2.22. The summed E-state index contributed by atoms with van der Waals surface area (Å²) in [6.07, 6.45) is 0. The van der Waals surface area contributed by atoms with E-state index in [-0.39, 0.29) is 11.3 Å². The Balaban J connectivity index is 2.02. The number of aliphatic carboxylic acids is 1. The number of hydrogen-bond donors (Lipinski definition) is 2. The van der Waals surface area contributed by atoms with Crippen molar-refractivity contribution in [3.63, 3.8) is 0 Å². The van der Waals surface area contributed by atoms with Crippen LogP contribution in [0.5, 0.6) is 5.75 Å². The number of amides is 1. The van der Waals surface area contributed by atoms with Crippen molar-refractivity contribution in [3.05, 3.63) is 45.4 Å². The lowest BCUT2D eigenvalue weighted by atomic mass is 9.98. The van der Waals surface area contributed by atoms with Gasteiger partial charge in [-0.25, -0.2) is 9.78 Å². The zero-order valence-corrected chi connectivity index (χ0v) is 15.6. The Hall–Kier alpha value is -2.41. The Morgan fingerprint density at radius 2 is 2.04 bits per heavy atom. The summed E-state index contributed by atoms with van der Waals surface area (Å²) in [5, 5.41) is 12.4. The maximum Gasteiger partial charge on any atom is 0.341 e. The zero-order valence-electron chi connectivity index (χ0n) is 14.8. The van der Waals surface area contributed by atoms with Crippen molar-refractivity contribution < 1.29 is 19.4 Å². The van der Waals surface area contributed by atoms with E-state index in [0.717, 1.165) is 16.3 Å². The van der Waals surface area contributed by atoms with Gasteiger partial charge >= 0.3 is 5.97 Å². The monoisotopic (exact) mass is 362 g/mol. The molecule has 1 amide bonds. The minimum absolute atomic E-state index is 0.0935. The number of nitrogens with zero attached hydrogens (tertiary/aromatic N) is 1. The number of rotatable bonds is 6. The van der Waals surface area contributed by atoms with E-state index >= 15 is 0 Å². The van der Waals surface area contributed by atoms with Crippen molar-refractivity contribution in [1.29, 1.82) is 0 Å². The van der Waals surface area contributed by atoms with E-state index in [2.05, 4.69) is 31.1 Å². The van der Waals surface area contributed by atoms with Crippen LogP contribution in [0.25, 0.3) is 0 Å². The van der Waals surface area contributed by atoms with Gasteiger partial charge in [-0.15, -0.1) is 11.3 Å². The first kappa shape index (κ1) is 18.9. The summed E-state index contributed by atoms with van der Waals surface area (Å²) in [6.45, 7) is 7.96. The van der Waals surface area contributed by atoms with E-state index in [4.69, 9.17) is 9.84 Å². The van der Waals surface area contributed by atoms with Crippen molar-refractivity contribution in [2.24, 2.45) is 0 Å². The van der Waals surface area contributed by atoms with Crippen molar-refractivity contribution in [2.75, 3.05) is 6.61 Å². The molecule has 7 heteroatoms. The predicted molar refractivity (Wildman–Crippen MR) is 96.3 cm³/mol. The van der Waals surface area contributed by atoms with Crippen LogP contribution in [-0.2, 0) is 16.8 Å². The number of hydrogen-bond acceptors (Lipinski definition) is 5. The minimum atomic E-state index is -1.03. The molecule has 0 fully saturated rings. The molecule has 2 aromatic rings. The number of carbonyl (C=O) groups excluding carboxylic acids is 1. The van der Waals surface area contributed by atoms with E-state index in [1.807, 2.05) is 13.0 Å². The average Bonchev–Trinajstić information content (AvgIpc) is 2.93. The van der Waals surface area contributed by atoms with Gasteiger partial charge in [-0.2, -0.15) is 0 Å². The van der Waals surface area contributed by atoms with Crippen LogP contribution < -0.4 is 10.1 Å². The largest absolute Gasteiger partial charge is 0.482 e. The van der Waals surface area contributed by atoms with Gasteiger partial charge in [-0.1, -0.05) is 32.9 Å². The van der Waals surface area contributed by atoms with E-state index < -0.39 is 12.6 Å². The fraction of sp³-hybridized carbons (Fsp3) is 0.389. The molecular formula is C18H22N2O4S. The molecule has 1 aromatic carbocycles. The third kappa shape index (κ3) is 5.29. The van der Waals surface area contributed by atoms with Crippen LogP contribution >= 0.6 is 11.3 Å². The van der Waals surface area contributed by atoms with E-state index in [1.54, 1.807) is 18.2 Å². The van der Waals surface area contributed by atoms with Crippen molar-refractivity contribution in [1.82, 2.24) is 10.3 Å².